The molecule has 0 atom stereocenters. The summed E-state index contributed by atoms with van der Waals surface area (Å²) in [7, 11) is 0. The number of thiophene rings is 1. The van der Waals surface area contributed by atoms with Gasteiger partial charge in [-0.15, -0.1) is 11.3 Å². The standard InChI is InChI=1S/C34H33N2S/c1-21(2)17-24-19-25(18-22(3)4)33-31(27-13-7-10-16-30(27)37-33)32(24)36-29-15-9-8-14-28(29)35-20-23-11-5-6-12-26(23)34(35)36/h5-16,19,21-22H,17-18,20H2,1-4H3/q+1. The minimum atomic E-state index is 0.572. The van der Waals surface area contributed by atoms with Crippen molar-refractivity contribution in [3.05, 3.63) is 95.6 Å². The van der Waals surface area contributed by atoms with E-state index in [1.54, 1.807) is 0 Å². The lowest BCUT2D eigenvalue weighted by Gasteiger charge is -2.16. The zero-order chi connectivity index (χ0) is 25.3. The highest BCUT2D eigenvalue weighted by molar-refractivity contribution is 7.26. The van der Waals surface area contributed by atoms with Crippen LogP contribution in [-0.4, -0.2) is 4.57 Å². The molecule has 3 heteroatoms. The van der Waals surface area contributed by atoms with Crippen LogP contribution in [0.1, 0.15) is 44.4 Å². The molecule has 0 radical (unpaired) electrons. The third-order valence-electron chi connectivity index (χ3n) is 7.72. The van der Waals surface area contributed by atoms with Crippen LogP contribution in [0.2, 0.25) is 0 Å². The van der Waals surface area contributed by atoms with E-state index in [0.717, 1.165) is 19.4 Å². The maximum Gasteiger partial charge on any atom is 0.295 e. The van der Waals surface area contributed by atoms with E-state index in [2.05, 4.69) is 116 Å². The van der Waals surface area contributed by atoms with Crippen molar-refractivity contribution in [3.63, 3.8) is 0 Å². The fourth-order valence-electron chi connectivity index (χ4n) is 6.38. The molecule has 0 aliphatic carbocycles. The number of nitrogens with zero attached hydrogens (tertiary/aromatic N) is 2. The molecule has 0 amide bonds. The Hall–Kier alpha value is -3.43. The van der Waals surface area contributed by atoms with Crippen LogP contribution in [0.5, 0.6) is 0 Å². The molecule has 6 aromatic rings. The molecule has 1 aliphatic heterocycles. The number of rotatable bonds is 5. The molecular formula is C34H33N2S+. The highest BCUT2D eigenvalue weighted by atomic mass is 32.1. The SMILES string of the molecule is CC(C)Cc1cc(CC(C)C)c2sc3ccccc3c2c1-n1c2[n+](c3ccccc31)Cc1ccccc1-2. The lowest BCUT2D eigenvalue weighted by atomic mass is 9.92. The second-order valence-electron chi connectivity index (χ2n) is 11.4. The summed E-state index contributed by atoms with van der Waals surface area (Å²) < 4.78 is 7.98. The van der Waals surface area contributed by atoms with Gasteiger partial charge in [-0.1, -0.05) is 82.3 Å². The van der Waals surface area contributed by atoms with Gasteiger partial charge in [-0.2, -0.15) is 4.57 Å². The Morgan fingerprint density at radius 2 is 1.51 bits per heavy atom. The average molecular weight is 502 g/mol. The van der Waals surface area contributed by atoms with Crippen molar-refractivity contribution in [2.24, 2.45) is 11.8 Å². The molecule has 0 saturated heterocycles. The Bertz CT molecular complexity index is 1820. The predicted octanol–water partition coefficient (Wildman–Crippen LogP) is 8.71. The lowest BCUT2D eigenvalue weighted by Crippen LogP contribution is -2.31. The summed E-state index contributed by atoms with van der Waals surface area (Å²) in [5.41, 5.74) is 9.73. The van der Waals surface area contributed by atoms with Gasteiger partial charge in [0.15, 0.2) is 11.0 Å². The molecule has 0 N–H and O–H groups in total. The lowest BCUT2D eigenvalue weighted by molar-refractivity contribution is -0.645. The average Bonchev–Trinajstić information content (AvgIpc) is 3.53. The molecule has 0 saturated carbocycles. The fourth-order valence-corrected chi connectivity index (χ4v) is 7.61. The number of imidazole rings is 1. The Kier molecular flexibility index (Phi) is 5.26. The van der Waals surface area contributed by atoms with Crippen LogP contribution in [0.15, 0.2) is 78.9 Å². The first-order valence-corrected chi connectivity index (χ1v) is 14.4. The number of para-hydroxylation sites is 2. The molecule has 37 heavy (non-hydrogen) atoms. The van der Waals surface area contributed by atoms with Crippen molar-refractivity contribution in [1.82, 2.24) is 4.57 Å². The zero-order valence-corrected chi connectivity index (χ0v) is 22.9. The van der Waals surface area contributed by atoms with E-state index in [4.69, 9.17) is 0 Å². The Morgan fingerprint density at radius 3 is 2.35 bits per heavy atom. The molecule has 7 rings (SSSR count). The number of aromatic nitrogens is 2. The molecule has 4 aromatic carbocycles. The minimum absolute atomic E-state index is 0.572. The van der Waals surface area contributed by atoms with Crippen molar-refractivity contribution in [3.8, 4) is 17.1 Å². The quantitative estimate of drug-likeness (QED) is 0.209. The highest BCUT2D eigenvalue weighted by Crippen LogP contribution is 2.45. The molecule has 184 valence electrons. The van der Waals surface area contributed by atoms with Gasteiger partial charge in [0.1, 0.15) is 12.2 Å². The van der Waals surface area contributed by atoms with E-state index >= 15 is 0 Å². The topological polar surface area (TPSA) is 8.81 Å². The van der Waals surface area contributed by atoms with Crippen LogP contribution in [0.25, 0.3) is 48.3 Å². The van der Waals surface area contributed by atoms with E-state index < -0.39 is 0 Å². The molecule has 3 heterocycles. The van der Waals surface area contributed by atoms with E-state index in [0.29, 0.717) is 11.8 Å². The Balaban J connectivity index is 1.69. The minimum Gasteiger partial charge on any atom is -0.218 e. The van der Waals surface area contributed by atoms with Gasteiger partial charge < -0.3 is 0 Å². The predicted molar refractivity (Wildman–Crippen MR) is 158 cm³/mol. The van der Waals surface area contributed by atoms with Crippen LogP contribution in [-0.2, 0) is 19.4 Å². The monoisotopic (exact) mass is 501 g/mol. The second kappa shape index (κ2) is 8.56. The first-order valence-electron chi connectivity index (χ1n) is 13.6. The third-order valence-corrected chi connectivity index (χ3v) is 8.97. The number of hydrogen-bond acceptors (Lipinski definition) is 1. The van der Waals surface area contributed by atoms with Crippen molar-refractivity contribution in [2.45, 2.75) is 47.1 Å². The zero-order valence-electron chi connectivity index (χ0n) is 22.1. The van der Waals surface area contributed by atoms with Gasteiger partial charge in [-0.05, 0) is 54.5 Å². The summed E-state index contributed by atoms with van der Waals surface area (Å²) in [4.78, 5) is 0. The van der Waals surface area contributed by atoms with Crippen molar-refractivity contribution >= 4 is 42.5 Å². The van der Waals surface area contributed by atoms with Crippen molar-refractivity contribution in [1.29, 1.82) is 0 Å². The molecular weight excluding hydrogens is 468 g/mol. The van der Waals surface area contributed by atoms with Gasteiger partial charge in [0.05, 0.1) is 5.56 Å². The van der Waals surface area contributed by atoms with Crippen LogP contribution >= 0.6 is 11.3 Å². The van der Waals surface area contributed by atoms with Gasteiger partial charge in [0.2, 0.25) is 0 Å². The summed E-state index contributed by atoms with van der Waals surface area (Å²) in [5.74, 6) is 2.50. The van der Waals surface area contributed by atoms with Crippen LogP contribution < -0.4 is 4.57 Å². The first kappa shape index (κ1) is 22.7. The summed E-state index contributed by atoms with van der Waals surface area (Å²) >= 11 is 1.97. The van der Waals surface area contributed by atoms with Crippen molar-refractivity contribution < 1.29 is 4.57 Å². The second-order valence-corrected chi connectivity index (χ2v) is 12.5. The summed E-state index contributed by atoms with van der Waals surface area (Å²) in [5, 5.41) is 2.82. The van der Waals surface area contributed by atoms with E-state index in [9.17, 15) is 0 Å². The normalized spacial score (nSPS) is 12.9. The Labute approximate surface area is 222 Å². The maximum atomic E-state index is 2.61. The van der Waals surface area contributed by atoms with Gasteiger partial charge in [0, 0.05) is 31.3 Å². The van der Waals surface area contributed by atoms with Gasteiger partial charge in [0.25, 0.3) is 5.82 Å². The summed E-state index contributed by atoms with van der Waals surface area (Å²) in [6, 6.07) is 29.5. The Morgan fingerprint density at radius 1 is 0.811 bits per heavy atom. The van der Waals surface area contributed by atoms with Gasteiger partial charge >= 0.3 is 0 Å². The number of hydrogen-bond donors (Lipinski definition) is 0. The smallest absolute Gasteiger partial charge is 0.218 e. The largest absolute Gasteiger partial charge is 0.295 e. The molecule has 0 unspecified atom stereocenters. The molecule has 2 nitrogen and oxygen atoms in total. The summed E-state index contributed by atoms with van der Waals surface area (Å²) in [6.45, 7) is 10.3. The molecule has 0 bridgehead atoms. The van der Waals surface area contributed by atoms with E-state index in [1.807, 2.05) is 11.3 Å². The van der Waals surface area contributed by atoms with Crippen molar-refractivity contribution in [2.75, 3.05) is 0 Å². The van der Waals surface area contributed by atoms with E-state index in [1.165, 1.54) is 65.0 Å². The highest BCUT2D eigenvalue weighted by Gasteiger charge is 2.36. The maximum absolute atomic E-state index is 2.61. The summed E-state index contributed by atoms with van der Waals surface area (Å²) in [6.07, 6.45) is 2.17. The first-order chi connectivity index (χ1) is 18.0. The molecule has 2 aromatic heterocycles. The molecule has 0 spiro atoms. The molecule has 1 aliphatic rings. The van der Waals surface area contributed by atoms with Crippen LogP contribution in [0.3, 0.4) is 0 Å². The number of fused-ring (bicyclic) bond motifs is 8. The number of benzene rings is 4. The van der Waals surface area contributed by atoms with E-state index in [-0.39, 0.29) is 0 Å². The third kappa shape index (κ3) is 3.48. The van der Waals surface area contributed by atoms with Gasteiger partial charge in [-0.3, -0.25) is 0 Å². The van der Waals surface area contributed by atoms with Gasteiger partial charge in [-0.25, -0.2) is 4.57 Å². The van der Waals surface area contributed by atoms with Crippen LogP contribution in [0.4, 0.5) is 0 Å². The fraction of sp³-hybridized carbons (Fsp3) is 0.265. The van der Waals surface area contributed by atoms with Crippen LogP contribution in [0, 0.1) is 11.8 Å². The molecule has 0 fully saturated rings.